The van der Waals surface area contributed by atoms with Gasteiger partial charge in [0.15, 0.2) is 5.96 Å². The second kappa shape index (κ2) is 11.2. The third kappa shape index (κ3) is 5.94. The highest BCUT2D eigenvalue weighted by Crippen LogP contribution is 2.24. The average molecular weight is 511 g/mol. The molecule has 2 unspecified atom stereocenters. The van der Waals surface area contributed by atoms with Crippen LogP contribution in [0.1, 0.15) is 18.3 Å². The molecule has 29 heavy (non-hydrogen) atoms. The summed E-state index contributed by atoms with van der Waals surface area (Å²) in [4.78, 5) is 22.9. The Hall–Kier alpha value is -2.10. The molecule has 0 amide bonds. The lowest BCUT2D eigenvalue weighted by Gasteiger charge is -2.21. The fourth-order valence-electron chi connectivity index (χ4n) is 3.71. The van der Waals surface area contributed by atoms with Gasteiger partial charge in [-0.05, 0) is 11.5 Å². The minimum absolute atomic E-state index is 0. The van der Waals surface area contributed by atoms with E-state index in [2.05, 4.69) is 55.9 Å². The summed E-state index contributed by atoms with van der Waals surface area (Å²) in [7, 11) is 3.22. The highest BCUT2D eigenvalue weighted by Gasteiger charge is 2.36. The van der Waals surface area contributed by atoms with Crippen molar-refractivity contribution in [1.29, 1.82) is 0 Å². The number of ether oxygens (including phenoxy) is 1. The molecule has 1 fully saturated rings. The second-order valence-corrected chi connectivity index (χ2v) is 7.19. The summed E-state index contributed by atoms with van der Waals surface area (Å²) >= 11 is 0. The minimum atomic E-state index is -0.145. The number of imidazole rings is 1. The van der Waals surface area contributed by atoms with Crippen LogP contribution < -0.4 is 5.32 Å². The van der Waals surface area contributed by atoms with Crippen LogP contribution in [0.4, 0.5) is 0 Å². The van der Waals surface area contributed by atoms with Crippen molar-refractivity contribution in [2.45, 2.75) is 19.9 Å². The predicted molar refractivity (Wildman–Crippen MR) is 124 cm³/mol. The van der Waals surface area contributed by atoms with E-state index in [0.717, 1.165) is 37.8 Å². The summed E-state index contributed by atoms with van der Waals surface area (Å²) in [6, 6.07) is 10.4. The molecule has 1 aliphatic heterocycles. The molecule has 0 saturated carbocycles. The van der Waals surface area contributed by atoms with Gasteiger partial charge in [-0.15, -0.1) is 24.0 Å². The van der Waals surface area contributed by atoms with Crippen molar-refractivity contribution in [3.8, 4) is 0 Å². The molecule has 1 aromatic heterocycles. The number of nitrogens with zero attached hydrogens (tertiary/aromatic N) is 4. The van der Waals surface area contributed by atoms with Gasteiger partial charge in [0, 0.05) is 52.0 Å². The Morgan fingerprint density at radius 2 is 2.07 bits per heavy atom. The van der Waals surface area contributed by atoms with Gasteiger partial charge in [-0.25, -0.2) is 4.98 Å². The number of aromatic nitrogens is 2. The van der Waals surface area contributed by atoms with Crippen molar-refractivity contribution in [2.75, 3.05) is 33.8 Å². The summed E-state index contributed by atoms with van der Waals surface area (Å²) in [5.41, 5.74) is 1.26. The number of rotatable bonds is 6. The second-order valence-electron chi connectivity index (χ2n) is 7.19. The molecule has 1 aromatic carbocycles. The van der Waals surface area contributed by atoms with Crippen molar-refractivity contribution >= 4 is 35.9 Å². The Bertz CT molecular complexity index is 808. The lowest BCUT2D eigenvalue weighted by atomic mass is 9.99. The maximum absolute atomic E-state index is 11.9. The molecule has 2 atom stereocenters. The minimum Gasteiger partial charge on any atom is -0.469 e. The first-order chi connectivity index (χ1) is 13.6. The number of guanidine groups is 1. The first kappa shape index (κ1) is 23.2. The Balaban J connectivity index is 0.00000300. The lowest BCUT2D eigenvalue weighted by Crippen LogP contribution is -2.41. The van der Waals surface area contributed by atoms with Gasteiger partial charge in [0.1, 0.15) is 5.82 Å². The summed E-state index contributed by atoms with van der Waals surface area (Å²) in [6.07, 6.45) is 4.65. The fourth-order valence-corrected chi connectivity index (χ4v) is 3.71. The number of nitrogens with one attached hydrogen (secondary N) is 1. The van der Waals surface area contributed by atoms with E-state index in [9.17, 15) is 4.79 Å². The van der Waals surface area contributed by atoms with Gasteiger partial charge < -0.3 is 19.5 Å². The monoisotopic (exact) mass is 511 g/mol. The van der Waals surface area contributed by atoms with Crippen LogP contribution in [-0.2, 0) is 22.5 Å². The quantitative estimate of drug-likeness (QED) is 0.279. The molecule has 0 radical (unpaired) electrons. The number of hydrogen-bond donors (Lipinski definition) is 1. The van der Waals surface area contributed by atoms with Gasteiger partial charge in [0.05, 0.1) is 13.0 Å². The molecule has 2 aromatic rings. The predicted octanol–water partition coefficient (Wildman–Crippen LogP) is 2.41. The number of carbonyl (C=O) groups is 1. The molecule has 7 nitrogen and oxygen atoms in total. The zero-order chi connectivity index (χ0) is 19.9. The van der Waals surface area contributed by atoms with E-state index in [1.807, 2.05) is 18.5 Å². The molecule has 1 saturated heterocycles. The Morgan fingerprint density at radius 1 is 1.31 bits per heavy atom. The molecule has 2 heterocycles. The number of methoxy groups -OCH3 is 1. The summed E-state index contributed by atoms with van der Waals surface area (Å²) in [5, 5.41) is 3.41. The van der Waals surface area contributed by atoms with Crippen molar-refractivity contribution in [2.24, 2.45) is 16.8 Å². The van der Waals surface area contributed by atoms with Crippen LogP contribution in [0.15, 0.2) is 47.7 Å². The van der Waals surface area contributed by atoms with E-state index >= 15 is 0 Å². The molecular formula is C21H30IN5O2. The summed E-state index contributed by atoms with van der Waals surface area (Å²) in [6.45, 7) is 5.05. The molecule has 0 bridgehead atoms. The Kier molecular flexibility index (Phi) is 8.94. The number of hydrogen-bond acceptors (Lipinski definition) is 4. The molecule has 8 heteroatoms. The number of carbonyl (C=O) groups excluding carboxylic acids is 1. The van der Waals surface area contributed by atoms with Crippen LogP contribution in [0.5, 0.6) is 0 Å². The van der Waals surface area contributed by atoms with Crippen LogP contribution in [0, 0.1) is 11.8 Å². The molecule has 1 N–H and O–H groups in total. The number of esters is 1. The summed E-state index contributed by atoms with van der Waals surface area (Å²) < 4.78 is 7.09. The molecule has 158 valence electrons. The van der Waals surface area contributed by atoms with Crippen molar-refractivity contribution < 1.29 is 9.53 Å². The van der Waals surface area contributed by atoms with E-state index in [0.29, 0.717) is 6.54 Å². The van der Waals surface area contributed by atoms with Gasteiger partial charge in [-0.1, -0.05) is 37.3 Å². The number of likely N-dealkylation sites (tertiary alicyclic amines) is 1. The zero-order valence-corrected chi connectivity index (χ0v) is 19.6. The highest BCUT2D eigenvalue weighted by atomic mass is 127. The fraction of sp³-hybridized carbons (Fsp3) is 0.476. The van der Waals surface area contributed by atoms with Crippen LogP contribution in [-0.4, -0.2) is 60.2 Å². The van der Waals surface area contributed by atoms with E-state index in [-0.39, 0.29) is 41.8 Å². The van der Waals surface area contributed by atoms with Crippen molar-refractivity contribution in [3.05, 3.63) is 54.1 Å². The largest absolute Gasteiger partial charge is 0.469 e. The van der Waals surface area contributed by atoms with Crippen LogP contribution in [0.2, 0.25) is 0 Å². The van der Waals surface area contributed by atoms with Gasteiger partial charge >= 0.3 is 5.97 Å². The van der Waals surface area contributed by atoms with E-state index < -0.39 is 0 Å². The van der Waals surface area contributed by atoms with Crippen molar-refractivity contribution in [1.82, 2.24) is 19.8 Å². The van der Waals surface area contributed by atoms with E-state index in [4.69, 9.17) is 4.74 Å². The van der Waals surface area contributed by atoms with Crippen LogP contribution >= 0.6 is 24.0 Å². The van der Waals surface area contributed by atoms with E-state index in [1.54, 1.807) is 7.05 Å². The molecule has 0 spiro atoms. The third-order valence-corrected chi connectivity index (χ3v) is 5.26. The molecule has 3 rings (SSSR count). The molecule has 1 aliphatic rings. The maximum Gasteiger partial charge on any atom is 0.310 e. The van der Waals surface area contributed by atoms with Gasteiger partial charge in [-0.3, -0.25) is 9.79 Å². The van der Waals surface area contributed by atoms with Gasteiger partial charge in [0.25, 0.3) is 0 Å². The SMILES string of the molecule is CN=C(NCCc1nccn1Cc1ccccc1)N1CC(C)C(C(=O)OC)C1.I. The highest BCUT2D eigenvalue weighted by molar-refractivity contribution is 14.0. The lowest BCUT2D eigenvalue weighted by molar-refractivity contribution is -0.145. The Labute approximate surface area is 189 Å². The average Bonchev–Trinajstić information content (AvgIpc) is 3.32. The zero-order valence-electron chi connectivity index (χ0n) is 17.2. The topological polar surface area (TPSA) is 71.8 Å². The summed E-state index contributed by atoms with van der Waals surface area (Å²) in [5.74, 6) is 1.85. The first-order valence-corrected chi connectivity index (χ1v) is 9.69. The van der Waals surface area contributed by atoms with Crippen LogP contribution in [0.25, 0.3) is 0 Å². The van der Waals surface area contributed by atoms with Crippen LogP contribution in [0.3, 0.4) is 0 Å². The number of aliphatic imine (C=N–C) groups is 1. The smallest absolute Gasteiger partial charge is 0.310 e. The Morgan fingerprint density at radius 3 is 2.76 bits per heavy atom. The van der Waals surface area contributed by atoms with Gasteiger partial charge in [-0.2, -0.15) is 0 Å². The van der Waals surface area contributed by atoms with E-state index in [1.165, 1.54) is 12.7 Å². The molecule has 0 aliphatic carbocycles. The number of benzene rings is 1. The normalized spacial score (nSPS) is 19.0. The van der Waals surface area contributed by atoms with Crippen molar-refractivity contribution in [3.63, 3.8) is 0 Å². The standard InChI is InChI=1S/C21H29N5O2.HI/c1-16-13-26(15-18(16)20(27)28-3)21(22-2)24-10-9-19-23-11-12-25(19)14-17-7-5-4-6-8-17;/h4-8,11-12,16,18H,9-10,13-15H2,1-3H3,(H,22,24);1H. The van der Waals surface area contributed by atoms with Gasteiger partial charge in [0.2, 0.25) is 0 Å². The maximum atomic E-state index is 11.9. The first-order valence-electron chi connectivity index (χ1n) is 9.69. The third-order valence-electron chi connectivity index (χ3n) is 5.26. The number of halogens is 1. The molecular weight excluding hydrogens is 481 g/mol.